The molecule has 2 amide bonds. The van der Waals surface area contributed by atoms with Crippen molar-refractivity contribution in [3.63, 3.8) is 0 Å². The molecule has 2 N–H and O–H groups in total. The zero-order valence-corrected chi connectivity index (χ0v) is 14.7. The van der Waals surface area contributed by atoms with Crippen LogP contribution in [0.2, 0.25) is 0 Å². The van der Waals surface area contributed by atoms with E-state index in [1.165, 1.54) is 13.1 Å². The number of hydrogen-bond donors (Lipinski definition) is 2. The molecule has 2 rings (SSSR count). The molecule has 1 saturated heterocycles. The molecule has 0 atom stereocenters. The number of hydrogen-bond acceptors (Lipinski definition) is 5. The zero-order valence-electron chi connectivity index (χ0n) is 14.7. The number of anilines is 1. The molecule has 136 valence electrons. The number of nitriles is 1. The Labute approximate surface area is 152 Å². The number of amides is 2. The molecule has 0 spiro atoms. The summed E-state index contributed by atoms with van der Waals surface area (Å²) >= 11 is 0. The lowest BCUT2D eigenvalue weighted by Gasteiger charge is -2.15. The number of ketones is 1. The summed E-state index contributed by atoms with van der Waals surface area (Å²) in [6.45, 7) is 3.28. The zero-order chi connectivity index (χ0) is 18.9. The third kappa shape index (κ3) is 5.45. The van der Waals surface area contributed by atoms with Crippen LogP contribution in [0.15, 0.2) is 36.0 Å². The first-order valence-corrected chi connectivity index (χ1v) is 8.55. The first kappa shape index (κ1) is 19.2. The summed E-state index contributed by atoms with van der Waals surface area (Å²) in [6.07, 6.45) is 3.48. The van der Waals surface area contributed by atoms with E-state index < -0.39 is 5.91 Å². The Bertz CT molecular complexity index is 747. The van der Waals surface area contributed by atoms with Gasteiger partial charge >= 0.3 is 0 Å². The van der Waals surface area contributed by atoms with Gasteiger partial charge in [-0.25, -0.2) is 0 Å². The number of nitrogens with one attached hydrogen (secondary N) is 2. The smallest absolute Gasteiger partial charge is 0.263 e. The number of likely N-dealkylation sites (tertiary alicyclic amines) is 1. The van der Waals surface area contributed by atoms with Gasteiger partial charge in [-0.1, -0.05) is 0 Å². The van der Waals surface area contributed by atoms with Gasteiger partial charge < -0.3 is 15.5 Å². The second kappa shape index (κ2) is 9.37. The highest BCUT2D eigenvalue weighted by Gasteiger charge is 2.19. The van der Waals surface area contributed by atoms with Gasteiger partial charge in [-0.2, -0.15) is 5.26 Å². The fourth-order valence-corrected chi connectivity index (χ4v) is 2.61. The molecule has 1 aromatic carbocycles. The van der Waals surface area contributed by atoms with Crippen molar-refractivity contribution in [1.82, 2.24) is 10.2 Å². The molecule has 0 saturated carbocycles. The molecule has 7 nitrogen and oxygen atoms in total. The van der Waals surface area contributed by atoms with Crippen LogP contribution in [0.4, 0.5) is 5.69 Å². The van der Waals surface area contributed by atoms with Crippen molar-refractivity contribution in [3.8, 4) is 6.07 Å². The molecule has 0 unspecified atom stereocenters. The quantitative estimate of drug-likeness (QED) is 0.321. The van der Waals surface area contributed by atoms with Gasteiger partial charge in [0.05, 0.1) is 0 Å². The maximum Gasteiger partial charge on any atom is 0.263 e. The number of Topliss-reactive ketones (excluding diaryl/α,β-unsaturated/α-hetero) is 1. The standard InChI is InChI=1S/C19H22N4O3/c1-14(24)15-5-7-17(8-6-15)22-13-16(12-20)19(26)21-9-3-11-23-10-2-4-18(23)25/h5-8,13,22H,2-4,9-11H2,1H3,(H,21,26)/b16-13-. The SMILES string of the molecule is CC(=O)c1ccc(N/C=C(/C#N)C(=O)NCCCN2CCCC2=O)cc1. The lowest BCUT2D eigenvalue weighted by molar-refractivity contribution is -0.127. The molecule has 1 heterocycles. The Morgan fingerprint density at radius 1 is 1.31 bits per heavy atom. The molecule has 0 aromatic heterocycles. The van der Waals surface area contributed by atoms with Crippen molar-refractivity contribution in [2.24, 2.45) is 0 Å². The van der Waals surface area contributed by atoms with Gasteiger partial charge in [0.2, 0.25) is 5.91 Å². The van der Waals surface area contributed by atoms with Crippen molar-refractivity contribution in [3.05, 3.63) is 41.6 Å². The summed E-state index contributed by atoms with van der Waals surface area (Å²) in [5.74, 6) is -0.332. The van der Waals surface area contributed by atoms with E-state index in [0.29, 0.717) is 37.2 Å². The summed E-state index contributed by atoms with van der Waals surface area (Å²) in [7, 11) is 0. The predicted octanol–water partition coefficient (Wildman–Crippen LogP) is 1.84. The van der Waals surface area contributed by atoms with Gasteiger partial charge in [-0.15, -0.1) is 0 Å². The van der Waals surface area contributed by atoms with E-state index in [1.54, 1.807) is 29.2 Å². The lowest BCUT2D eigenvalue weighted by atomic mass is 10.1. The topological polar surface area (TPSA) is 102 Å². The van der Waals surface area contributed by atoms with Gasteiger partial charge in [0, 0.05) is 43.5 Å². The molecule has 26 heavy (non-hydrogen) atoms. The van der Waals surface area contributed by atoms with E-state index in [-0.39, 0.29) is 17.3 Å². The van der Waals surface area contributed by atoms with Gasteiger partial charge in [0.25, 0.3) is 5.91 Å². The maximum absolute atomic E-state index is 12.0. The maximum atomic E-state index is 12.0. The number of carbonyl (C=O) groups excluding carboxylic acids is 3. The highest BCUT2D eigenvalue weighted by molar-refractivity contribution is 5.97. The van der Waals surface area contributed by atoms with Crippen molar-refractivity contribution >= 4 is 23.3 Å². The average molecular weight is 354 g/mol. The van der Waals surface area contributed by atoms with Gasteiger partial charge in [-0.3, -0.25) is 14.4 Å². The van der Waals surface area contributed by atoms with E-state index in [1.807, 2.05) is 6.07 Å². The number of nitrogens with zero attached hydrogens (tertiary/aromatic N) is 2. The molecule has 1 aromatic rings. The Kier molecular flexibility index (Phi) is 6.92. The van der Waals surface area contributed by atoms with Crippen LogP contribution in [0, 0.1) is 11.3 Å². The van der Waals surface area contributed by atoms with E-state index in [4.69, 9.17) is 5.26 Å². The van der Waals surface area contributed by atoms with Crippen LogP contribution in [-0.2, 0) is 9.59 Å². The second-order valence-electron chi connectivity index (χ2n) is 6.04. The predicted molar refractivity (Wildman–Crippen MR) is 97.2 cm³/mol. The van der Waals surface area contributed by atoms with E-state index in [0.717, 1.165) is 13.0 Å². The monoisotopic (exact) mass is 354 g/mol. The molecular formula is C19H22N4O3. The normalized spacial score (nSPS) is 14.1. The lowest BCUT2D eigenvalue weighted by Crippen LogP contribution is -2.31. The number of carbonyl (C=O) groups is 3. The minimum Gasteiger partial charge on any atom is -0.360 e. The number of benzene rings is 1. The minimum absolute atomic E-state index is 0.0279. The largest absolute Gasteiger partial charge is 0.360 e. The first-order chi connectivity index (χ1) is 12.5. The van der Waals surface area contributed by atoms with Crippen molar-refractivity contribution in [2.45, 2.75) is 26.2 Å². The third-order valence-corrected chi connectivity index (χ3v) is 4.10. The third-order valence-electron chi connectivity index (χ3n) is 4.10. The van der Waals surface area contributed by atoms with Crippen LogP contribution in [-0.4, -0.2) is 42.1 Å². The van der Waals surface area contributed by atoms with Gasteiger partial charge in [0.15, 0.2) is 5.78 Å². The molecule has 1 aliphatic rings. The Morgan fingerprint density at radius 3 is 2.62 bits per heavy atom. The molecule has 1 fully saturated rings. The summed E-state index contributed by atoms with van der Waals surface area (Å²) in [5.41, 5.74) is 1.22. The molecule has 1 aliphatic heterocycles. The van der Waals surface area contributed by atoms with Crippen LogP contribution >= 0.6 is 0 Å². The molecule has 7 heteroatoms. The summed E-state index contributed by atoms with van der Waals surface area (Å²) in [6, 6.07) is 8.60. The number of rotatable bonds is 8. The Morgan fingerprint density at radius 2 is 2.04 bits per heavy atom. The van der Waals surface area contributed by atoms with Crippen LogP contribution < -0.4 is 10.6 Å². The fraction of sp³-hybridized carbons (Fsp3) is 0.368. The molecule has 0 aliphatic carbocycles. The van der Waals surface area contributed by atoms with Crippen molar-refractivity contribution in [1.29, 1.82) is 5.26 Å². The summed E-state index contributed by atoms with van der Waals surface area (Å²) in [4.78, 5) is 36.6. The molecule has 0 radical (unpaired) electrons. The van der Waals surface area contributed by atoms with Crippen LogP contribution in [0.25, 0.3) is 0 Å². The summed E-state index contributed by atoms with van der Waals surface area (Å²) in [5, 5.41) is 14.7. The highest BCUT2D eigenvalue weighted by Crippen LogP contribution is 2.11. The van der Waals surface area contributed by atoms with Crippen LogP contribution in [0.3, 0.4) is 0 Å². The Balaban J connectivity index is 1.79. The van der Waals surface area contributed by atoms with E-state index >= 15 is 0 Å². The minimum atomic E-state index is -0.465. The van der Waals surface area contributed by atoms with Gasteiger partial charge in [0.1, 0.15) is 11.6 Å². The first-order valence-electron chi connectivity index (χ1n) is 8.55. The van der Waals surface area contributed by atoms with Crippen molar-refractivity contribution in [2.75, 3.05) is 25.0 Å². The van der Waals surface area contributed by atoms with Crippen LogP contribution in [0.1, 0.15) is 36.5 Å². The van der Waals surface area contributed by atoms with Crippen molar-refractivity contribution < 1.29 is 14.4 Å². The Hall–Kier alpha value is -3.14. The van der Waals surface area contributed by atoms with Crippen LogP contribution in [0.5, 0.6) is 0 Å². The molecular weight excluding hydrogens is 332 g/mol. The highest BCUT2D eigenvalue weighted by atomic mass is 16.2. The summed E-state index contributed by atoms with van der Waals surface area (Å²) < 4.78 is 0. The van der Waals surface area contributed by atoms with E-state index in [2.05, 4.69) is 10.6 Å². The second-order valence-corrected chi connectivity index (χ2v) is 6.04. The average Bonchev–Trinajstić information content (AvgIpc) is 3.04. The van der Waals surface area contributed by atoms with Gasteiger partial charge in [-0.05, 0) is 44.0 Å². The molecule has 0 bridgehead atoms. The fourth-order valence-electron chi connectivity index (χ4n) is 2.61. The van der Waals surface area contributed by atoms with E-state index in [9.17, 15) is 14.4 Å².